The summed E-state index contributed by atoms with van der Waals surface area (Å²) in [4.78, 5) is 24.2. The predicted molar refractivity (Wildman–Crippen MR) is 173 cm³/mol. The van der Waals surface area contributed by atoms with Gasteiger partial charge in [-0.05, 0) is 119 Å². The van der Waals surface area contributed by atoms with Gasteiger partial charge in [0.05, 0.1) is 12.2 Å². The van der Waals surface area contributed by atoms with Crippen molar-refractivity contribution in [3.8, 4) is 33.4 Å². The minimum absolute atomic E-state index is 0.0859. The van der Waals surface area contributed by atoms with Gasteiger partial charge in [-0.1, -0.05) is 87.4 Å². The van der Waals surface area contributed by atoms with E-state index in [0.29, 0.717) is 12.2 Å². The Hall–Kier alpha value is -3.98. The summed E-state index contributed by atoms with van der Waals surface area (Å²) in [7, 11) is 0. The second-order valence-electron chi connectivity index (χ2n) is 13.5. The molecule has 0 unspecified atom stereocenters. The topological polar surface area (TPSA) is 43.4 Å². The minimum Gasteiger partial charge on any atom is -0.462 e. The molecule has 3 nitrogen and oxygen atoms in total. The Morgan fingerprint density at radius 3 is 1.47 bits per heavy atom. The minimum atomic E-state index is -0.278. The third kappa shape index (κ3) is 4.00. The van der Waals surface area contributed by atoms with Gasteiger partial charge < -0.3 is 4.74 Å². The zero-order valence-electron chi connectivity index (χ0n) is 25.8. The second-order valence-corrected chi connectivity index (χ2v) is 13.5. The number of esters is 1. The van der Waals surface area contributed by atoms with Crippen LogP contribution in [-0.2, 0) is 10.2 Å². The fourth-order valence-corrected chi connectivity index (χ4v) is 9.36. The van der Waals surface area contributed by atoms with E-state index in [-0.39, 0.29) is 28.0 Å². The van der Waals surface area contributed by atoms with Gasteiger partial charge in [-0.15, -0.1) is 0 Å². The summed E-state index contributed by atoms with van der Waals surface area (Å²) in [6.45, 7) is 8.96. The van der Waals surface area contributed by atoms with Crippen molar-refractivity contribution in [1.82, 2.24) is 0 Å². The third-order valence-corrected chi connectivity index (χ3v) is 11.2. The standard InChI is InChI=1S/C40H40O3/c1-5-43-37(42)30-14-12-29(13-15-30)32-17-19-34-33-18-16-31(28-10-8-27(9-11-28)26(2)41)24-35(33)40(36(34)25-32)38(3)20-6-22-39(40,4)23-7-21-38/h8-19,24-25H,5-7,20-23H2,1-4H3. The summed E-state index contributed by atoms with van der Waals surface area (Å²) in [5, 5.41) is 0. The van der Waals surface area contributed by atoms with Crippen molar-refractivity contribution >= 4 is 11.8 Å². The highest BCUT2D eigenvalue weighted by Crippen LogP contribution is 2.74. The molecule has 0 aliphatic heterocycles. The SMILES string of the molecule is CCOC(=O)c1ccc(-c2ccc3c(c2)C2(c4cc(-c5ccc(C(C)=O)cc5)ccc4-3)C3(C)CCCC2(C)CCC3)cc1. The molecule has 0 saturated heterocycles. The van der Waals surface area contributed by atoms with Gasteiger partial charge in [-0.2, -0.15) is 0 Å². The van der Waals surface area contributed by atoms with Crippen molar-refractivity contribution in [2.45, 2.75) is 71.6 Å². The van der Waals surface area contributed by atoms with Crippen LogP contribution in [0, 0.1) is 10.8 Å². The van der Waals surface area contributed by atoms with E-state index in [4.69, 9.17) is 4.74 Å². The molecule has 0 heterocycles. The average Bonchev–Trinajstić information content (AvgIpc) is 3.30. The smallest absolute Gasteiger partial charge is 0.338 e. The molecule has 4 aromatic carbocycles. The van der Waals surface area contributed by atoms with Crippen molar-refractivity contribution in [1.29, 1.82) is 0 Å². The molecule has 7 rings (SSSR count). The van der Waals surface area contributed by atoms with E-state index in [2.05, 4.69) is 74.5 Å². The molecule has 0 radical (unpaired) electrons. The molecule has 4 aromatic rings. The number of rotatable bonds is 5. The molecule has 0 amide bonds. The van der Waals surface area contributed by atoms with E-state index in [1.54, 1.807) is 6.92 Å². The first-order chi connectivity index (χ1) is 20.7. The first kappa shape index (κ1) is 27.8. The first-order valence-electron chi connectivity index (χ1n) is 15.9. The van der Waals surface area contributed by atoms with Crippen molar-refractivity contribution in [2.75, 3.05) is 6.61 Å². The van der Waals surface area contributed by atoms with E-state index in [1.165, 1.54) is 71.9 Å². The summed E-state index contributed by atoms with van der Waals surface area (Å²) < 4.78 is 5.21. The molecule has 1 spiro atoms. The fourth-order valence-electron chi connectivity index (χ4n) is 9.36. The van der Waals surface area contributed by atoms with Gasteiger partial charge in [-0.25, -0.2) is 4.79 Å². The number of hydrogen-bond donors (Lipinski definition) is 0. The van der Waals surface area contributed by atoms with E-state index in [0.717, 1.165) is 16.7 Å². The fraction of sp³-hybridized carbons (Fsp3) is 0.350. The number of ether oxygens (including phenoxy) is 1. The molecule has 2 saturated carbocycles. The van der Waals surface area contributed by atoms with Gasteiger partial charge in [0.25, 0.3) is 0 Å². The quantitative estimate of drug-likeness (QED) is 0.178. The van der Waals surface area contributed by atoms with Crippen molar-refractivity contribution in [3.05, 3.63) is 107 Å². The summed E-state index contributed by atoms with van der Waals surface area (Å²) in [6.07, 6.45) is 7.49. The van der Waals surface area contributed by atoms with E-state index in [9.17, 15) is 9.59 Å². The Bertz CT molecular complexity index is 1710. The van der Waals surface area contributed by atoms with Crippen LogP contribution in [-0.4, -0.2) is 18.4 Å². The summed E-state index contributed by atoms with van der Waals surface area (Å²) in [5.41, 5.74) is 11.9. The normalized spacial score (nSPS) is 25.2. The molecule has 2 bridgehead atoms. The van der Waals surface area contributed by atoms with Gasteiger partial charge in [0.15, 0.2) is 5.78 Å². The van der Waals surface area contributed by atoms with Crippen LogP contribution in [0.3, 0.4) is 0 Å². The van der Waals surface area contributed by atoms with Crippen LogP contribution in [0.15, 0.2) is 84.9 Å². The molecule has 0 aromatic heterocycles. The summed E-state index contributed by atoms with van der Waals surface area (Å²) in [5.74, 6) is -0.183. The molecule has 3 heteroatoms. The molecule has 3 aliphatic rings. The van der Waals surface area contributed by atoms with Gasteiger partial charge in [0, 0.05) is 11.0 Å². The van der Waals surface area contributed by atoms with Gasteiger partial charge in [0.2, 0.25) is 0 Å². The number of carbonyl (C=O) groups is 2. The van der Waals surface area contributed by atoms with E-state index >= 15 is 0 Å². The van der Waals surface area contributed by atoms with Gasteiger partial charge in [0.1, 0.15) is 0 Å². The lowest BCUT2D eigenvalue weighted by Crippen LogP contribution is -2.59. The maximum atomic E-state index is 12.3. The lowest BCUT2D eigenvalue weighted by Gasteiger charge is -2.65. The average molecular weight is 569 g/mol. The molecule has 0 atom stereocenters. The maximum Gasteiger partial charge on any atom is 0.338 e. The number of carbonyl (C=O) groups excluding carboxylic acids is 2. The Balaban J connectivity index is 1.41. The van der Waals surface area contributed by atoms with Crippen LogP contribution in [0.4, 0.5) is 0 Å². The second kappa shape index (κ2) is 10.0. The number of Topliss-reactive ketones (excluding diaryl/α,β-unsaturated/α-hetero) is 1. The number of ketones is 1. The van der Waals surface area contributed by atoms with Crippen molar-refractivity contribution in [3.63, 3.8) is 0 Å². The van der Waals surface area contributed by atoms with E-state index < -0.39 is 0 Å². The van der Waals surface area contributed by atoms with Crippen LogP contribution in [0.5, 0.6) is 0 Å². The zero-order valence-corrected chi connectivity index (χ0v) is 25.8. The van der Waals surface area contributed by atoms with Gasteiger partial charge in [-0.3, -0.25) is 4.79 Å². The Labute approximate surface area is 255 Å². The molecular formula is C40H40O3. The first-order valence-corrected chi connectivity index (χ1v) is 15.9. The van der Waals surface area contributed by atoms with Crippen molar-refractivity contribution < 1.29 is 14.3 Å². The van der Waals surface area contributed by atoms with Crippen LogP contribution in [0.25, 0.3) is 33.4 Å². The molecule has 43 heavy (non-hydrogen) atoms. The molecule has 218 valence electrons. The highest BCUT2D eigenvalue weighted by molar-refractivity contribution is 5.95. The summed E-state index contributed by atoms with van der Waals surface area (Å²) >= 11 is 0. The molecule has 3 aliphatic carbocycles. The summed E-state index contributed by atoms with van der Waals surface area (Å²) in [6, 6.07) is 30.1. The predicted octanol–water partition coefficient (Wildman–Crippen LogP) is 10.0. The monoisotopic (exact) mass is 568 g/mol. The number of hydrogen-bond acceptors (Lipinski definition) is 3. The molecule has 0 N–H and O–H groups in total. The van der Waals surface area contributed by atoms with Crippen LogP contribution in [0.1, 0.15) is 98.1 Å². The largest absolute Gasteiger partial charge is 0.462 e. The maximum absolute atomic E-state index is 12.3. The Morgan fingerprint density at radius 2 is 1.05 bits per heavy atom. The Kier molecular flexibility index (Phi) is 6.50. The van der Waals surface area contributed by atoms with Crippen molar-refractivity contribution in [2.24, 2.45) is 10.8 Å². The Morgan fingerprint density at radius 1 is 0.628 bits per heavy atom. The van der Waals surface area contributed by atoms with Gasteiger partial charge >= 0.3 is 5.97 Å². The zero-order chi connectivity index (χ0) is 30.0. The van der Waals surface area contributed by atoms with Crippen LogP contribution in [0.2, 0.25) is 0 Å². The highest BCUT2D eigenvalue weighted by atomic mass is 16.5. The van der Waals surface area contributed by atoms with Crippen LogP contribution < -0.4 is 0 Å². The third-order valence-electron chi connectivity index (χ3n) is 11.2. The number of fused-ring (bicyclic) bond motifs is 3. The highest BCUT2D eigenvalue weighted by Gasteiger charge is 2.66. The van der Waals surface area contributed by atoms with Crippen LogP contribution >= 0.6 is 0 Å². The molecule has 2 fully saturated rings. The number of benzene rings is 4. The lowest BCUT2D eigenvalue weighted by atomic mass is 9.38. The molecular weight excluding hydrogens is 528 g/mol. The van der Waals surface area contributed by atoms with E-state index in [1.807, 2.05) is 31.2 Å². The lowest BCUT2D eigenvalue weighted by molar-refractivity contribution is -0.0628.